The second kappa shape index (κ2) is 5.77. The van der Waals surface area contributed by atoms with Crippen LogP contribution in [0.15, 0.2) is 18.2 Å². The molecule has 0 spiro atoms. The number of halogens is 1. The molecule has 0 radical (unpaired) electrons. The Balaban J connectivity index is 2.96. The van der Waals surface area contributed by atoms with E-state index in [2.05, 4.69) is 4.72 Å². The van der Waals surface area contributed by atoms with Crippen molar-refractivity contribution in [1.29, 1.82) is 5.26 Å². The monoisotopic (exact) mass is 322 g/mol. The standard InChI is InChI=1S/C10H11ClN2O4S2/c1-18(14,15)4-5-19(16,17)13-10-6-9(11)3-2-8(10)7-12/h2-3,6,13H,4-5H2,1H3. The molecular formula is C10H11ClN2O4S2. The molecule has 1 N–H and O–H groups in total. The summed E-state index contributed by atoms with van der Waals surface area (Å²) >= 11 is 5.71. The van der Waals surface area contributed by atoms with Crippen molar-refractivity contribution in [3.05, 3.63) is 28.8 Å². The highest BCUT2D eigenvalue weighted by atomic mass is 35.5. The van der Waals surface area contributed by atoms with Gasteiger partial charge in [0.2, 0.25) is 10.0 Å². The topological polar surface area (TPSA) is 104 Å². The van der Waals surface area contributed by atoms with Gasteiger partial charge in [0, 0.05) is 11.3 Å². The minimum Gasteiger partial charge on any atom is -0.282 e. The summed E-state index contributed by atoms with van der Waals surface area (Å²) in [6.07, 6.45) is 0.947. The number of sulfone groups is 1. The molecule has 0 aliphatic carbocycles. The summed E-state index contributed by atoms with van der Waals surface area (Å²) in [5, 5.41) is 9.11. The van der Waals surface area contributed by atoms with Gasteiger partial charge in [-0.15, -0.1) is 0 Å². The summed E-state index contributed by atoms with van der Waals surface area (Å²) in [4.78, 5) is 0. The molecule has 0 aliphatic heterocycles. The Morgan fingerprint density at radius 1 is 1.26 bits per heavy atom. The van der Waals surface area contributed by atoms with Gasteiger partial charge in [0.25, 0.3) is 0 Å². The van der Waals surface area contributed by atoms with Crippen LogP contribution < -0.4 is 4.72 Å². The first-order chi connectivity index (χ1) is 8.63. The van der Waals surface area contributed by atoms with E-state index in [9.17, 15) is 16.8 Å². The largest absolute Gasteiger partial charge is 0.282 e. The molecule has 19 heavy (non-hydrogen) atoms. The van der Waals surface area contributed by atoms with E-state index in [1.807, 2.05) is 6.07 Å². The summed E-state index contributed by atoms with van der Waals surface area (Å²) in [6, 6.07) is 5.93. The summed E-state index contributed by atoms with van der Waals surface area (Å²) in [5.41, 5.74) is 0.135. The molecule has 0 aromatic heterocycles. The molecular weight excluding hydrogens is 312 g/mol. The fraction of sp³-hybridized carbons (Fsp3) is 0.300. The fourth-order valence-corrected chi connectivity index (χ4v) is 4.04. The summed E-state index contributed by atoms with van der Waals surface area (Å²) in [7, 11) is -7.24. The van der Waals surface area contributed by atoms with Crippen molar-refractivity contribution in [2.24, 2.45) is 0 Å². The number of nitrogens with zero attached hydrogens (tertiary/aromatic N) is 1. The third-order valence-electron chi connectivity index (χ3n) is 2.09. The van der Waals surface area contributed by atoms with Crippen molar-refractivity contribution in [3.8, 4) is 6.07 Å². The van der Waals surface area contributed by atoms with Crippen molar-refractivity contribution >= 4 is 37.1 Å². The highest BCUT2D eigenvalue weighted by molar-refractivity contribution is 7.95. The molecule has 0 bridgehead atoms. The van der Waals surface area contributed by atoms with Gasteiger partial charge in [0.1, 0.15) is 15.9 Å². The first-order valence-corrected chi connectivity index (χ1v) is 9.10. The van der Waals surface area contributed by atoms with Gasteiger partial charge in [0.05, 0.1) is 22.8 Å². The van der Waals surface area contributed by atoms with Crippen LogP contribution in [0.5, 0.6) is 0 Å². The first-order valence-electron chi connectivity index (χ1n) is 5.01. The van der Waals surface area contributed by atoms with Crippen molar-refractivity contribution in [2.45, 2.75) is 0 Å². The normalized spacial score (nSPS) is 11.8. The minimum absolute atomic E-state index is 0.0310. The molecule has 0 atom stereocenters. The number of nitrogens with one attached hydrogen (secondary N) is 1. The Bertz CT molecular complexity index is 720. The predicted molar refractivity (Wildman–Crippen MR) is 73.3 cm³/mol. The Kier molecular flexibility index (Phi) is 4.79. The van der Waals surface area contributed by atoms with E-state index in [4.69, 9.17) is 16.9 Å². The zero-order valence-electron chi connectivity index (χ0n) is 9.92. The molecule has 0 unspecified atom stereocenters. The highest BCUT2D eigenvalue weighted by Crippen LogP contribution is 2.21. The Hall–Kier alpha value is -1.30. The van der Waals surface area contributed by atoms with Gasteiger partial charge in [-0.25, -0.2) is 16.8 Å². The van der Waals surface area contributed by atoms with Gasteiger partial charge in [-0.1, -0.05) is 11.6 Å². The number of anilines is 1. The van der Waals surface area contributed by atoms with Gasteiger partial charge >= 0.3 is 0 Å². The van der Waals surface area contributed by atoms with Crippen molar-refractivity contribution in [3.63, 3.8) is 0 Å². The fourth-order valence-electron chi connectivity index (χ4n) is 1.18. The number of sulfonamides is 1. The van der Waals surface area contributed by atoms with Crippen LogP contribution in [0, 0.1) is 11.3 Å². The number of hydrogen-bond acceptors (Lipinski definition) is 5. The maximum absolute atomic E-state index is 11.7. The molecule has 0 aliphatic rings. The zero-order valence-corrected chi connectivity index (χ0v) is 12.3. The van der Waals surface area contributed by atoms with E-state index in [0.717, 1.165) is 6.26 Å². The second-order valence-electron chi connectivity index (χ2n) is 3.85. The highest BCUT2D eigenvalue weighted by Gasteiger charge is 2.16. The van der Waals surface area contributed by atoms with E-state index in [-0.39, 0.29) is 16.3 Å². The Morgan fingerprint density at radius 3 is 2.42 bits per heavy atom. The van der Waals surface area contributed by atoms with Gasteiger partial charge in [-0.05, 0) is 18.2 Å². The van der Waals surface area contributed by atoms with E-state index in [1.54, 1.807) is 0 Å². The maximum Gasteiger partial charge on any atom is 0.233 e. The van der Waals surface area contributed by atoms with Gasteiger partial charge in [0.15, 0.2) is 0 Å². The Labute approximate surface area is 117 Å². The first kappa shape index (κ1) is 15.8. The van der Waals surface area contributed by atoms with Crippen LogP contribution in [-0.4, -0.2) is 34.6 Å². The lowest BCUT2D eigenvalue weighted by Crippen LogP contribution is -2.22. The van der Waals surface area contributed by atoms with E-state index >= 15 is 0 Å². The lowest BCUT2D eigenvalue weighted by molar-refractivity contribution is 0.593. The predicted octanol–water partition coefficient (Wildman–Crippen LogP) is 0.998. The zero-order chi connectivity index (χ0) is 14.7. The van der Waals surface area contributed by atoms with E-state index in [1.165, 1.54) is 18.2 Å². The van der Waals surface area contributed by atoms with E-state index < -0.39 is 31.4 Å². The molecule has 1 rings (SSSR count). The summed E-state index contributed by atoms with van der Waals surface area (Å²) < 4.78 is 47.4. The van der Waals surface area contributed by atoms with Gasteiger partial charge < -0.3 is 0 Å². The van der Waals surface area contributed by atoms with E-state index in [0.29, 0.717) is 0 Å². The van der Waals surface area contributed by atoms with Crippen molar-refractivity contribution in [1.82, 2.24) is 0 Å². The lowest BCUT2D eigenvalue weighted by Gasteiger charge is -2.09. The Morgan fingerprint density at radius 2 is 1.89 bits per heavy atom. The molecule has 0 saturated carbocycles. The summed E-state index contributed by atoms with van der Waals surface area (Å²) in [6.45, 7) is 0. The number of nitriles is 1. The molecule has 1 aromatic rings. The van der Waals surface area contributed by atoms with Crippen LogP contribution in [0.25, 0.3) is 0 Å². The SMILES string of the molecule is CS(=O)(=O)CCS(=O)(=O)Nc1cc(Cl)ccc1C#N. The average molecular weight is 323 g/mol. The number of benzene rings is 1. The average Bonchev–Trinajstić information content (AvgIpc) is 2.26. The van der Waals surface area contributed by atoms with Crippen LogP contribution in [0.3, 0.4) is 0 Å². The molecule has 0 amide bonds. The molecule has 6 nitrogen and oxygen atoms in total. The third-order valence-corrected chi connectivity index (χ3v) is 4.80. The lowest BCUT2D eigenvalue weighted by atomic mass is 10.2. The smallest absolute Gasteiger partial charge is 0.233 e. The summed E-state index contributed by atoms with van der Waals surface area (Å²) in [5.74, 6) is -1.08. The molecule has 0 heterocycles. The quantitative estimate of drug-likeness (QED) is 0.870. The van der Waals surface area contributed by atoms with Crippen LogP contribution in [0.4, 0.5) is 5.69 Å². The molecule has 9 heteroatoms. The van der Waals surface area contributed by atoms with Crippen LogP contribution >= 0.6 is 11.6 Å². The molecule has 0 fully saturated rings. The van der Waals surface area contributed by atoms with Crippen LogP contribution in [0.1, 0.15) is 5.56 Å². The van der Waals surface area contributed by atoms with Crippen molar-refractivity contribution in [2.75, 3.05) is 22.5 Å². The second-order valence-corrected chi connectivity index (χ2v) is 8.39. The number of hydrogen-bond donors (Lipinski definition) is 1. The molecule has 0 saturated heterocycles. The van der Waals surface area contributed by atoms with Crippen LogP contribution in [0.2, 0.25) is 5.02 Å². The van der Waals surface area contributed by atoms with Gasteiger partial charge in [-0.3, -0.25) is 4.72 Å². The molecule has 1 aromatic carbocycles. The minimum atomic E-state index is -3.86. The van der Waals surface area contributed by atoms with Gasteiger partial charge in [-0.2, -0.15) is 5.26 Å². The number of rotatable bonds is 5. The van der Waals surface area contributed by atoms with Crippen molar-refractivity contribution < 1.29 is 16.8 Å². The molecule has 104 valence electrons. The maximum atomic E-state index is 11.7. The van der Waals surface area contributed by atoms with Crippen LogP contribution in [-0.2, 0) is 19.9 Å². The third kappa shape index (κ3) is 5.46.